The Labute approximate surface area is 148 Å². The Morgan fingerprint density at radius 3 is 2.65 bits per heavy atom. The van der Waals surface area contributed by atoms with Crippen molar-refractivity contribution >= 4 is 16.9 Å². The molecule has 3 aromatic rings. The zero-order valence-electron chi connectivity index (χ0n) is 14.2. The van der Waals surface area contributed by atoms with Gasteiger partial charge in [-0.1, -0.05) is 12.1 Å². The van der Waals surface area contributed by atoms with Crippen molar-refractivity contribution in [3.8, 4) is 5.75 Å². The van der Waals surface area contributed by atoms with Gasteiger partial charge in [-0.3, -0.25) is 19.6 Å². The number of aromatic amines is 1. The number of carbonyl (C=O) groups is 1. The Kier molecular flexibility index (Phi) is 4.68. The van der Waals surface area contributed by atoms with Crippen LogP contribution in [0.3, 0.4) is 0 Å². The van der Waals surface area contributed by atoms with Crippen molar-refractivity contribution < 1.29 is 14.3 Å². The van der Waals surface area contributed by atoms with Gasteiger partial charge in [0.1, 0.15) is 16.9 Å². The summed E-state index contributed by atoms with van der Waals surface area (Å²) in [7, 11) is 2.95. The molecule has 0 atom stereocenters. The second kappa shape index (κ2) is 6.93. The number of halogens is 1. The molecule has 7 nitrogen and oxygen atoms in total. The van der Waals surface area contributed by atoms with E-state index in [1.54, 1.807) is 24.4 Å². The molecule has 0 spiro atoms. The number of aromatic nitrogens is 2. The van der Waals surface area contributed by atoms with E-state index in [-0.39, 0.29) is 16.9 Å². The number of carbonyl (C=O) groups excluding carboxylic acids is 1. The average Bonchev–Trinajstić information content (AvgIpc) is 2.62. The molecule has 8 heteroatoms. The van der Waals surface area contributed by atoms with E-state index in [2.05, 4.69) is 15.4 Å². The van der Waals surface area contributed by atoms with E-state index in [1.165, 1.54) is 26.2 Å². The number of benzene rings is 1. The molecule has 26 heavy (non-hydrogen) atoms. The summed E-state index contributed by atoms with van der Waals surface area (Å²) in [6, 6.07) is 7.73. The molecule has 0 radical (unpaired) electrons. The number of fused-ring (bicyclic) bond motifs is 1. The number of hydrogen-bond donors (Lipinski definition) is 3. The number of hydrogen-bond acceptors (Lipinski definition) is 5. The number of H-pyrrole nitrogens is 1. The SMILES string of the molecule is CNN(C)C(=O)c1c(O)c2ncc(Cc3ccc(F)cc3)cc2[nH]c1=O. The smallest absolute Gasteiger partial charge is 0.277 e. The molecule has 0 saturated heterocycles. The first kappa shape index (κ1) is 17.6. The summed E-state index contributed by atoms with van der Waals surface area (Å²) < 4.78 is 13.0. The summed E-state index contributed by atoms with van der Waals surface area (Å²) in [6.07, 6.45) is 2.02. The van der Waals surface area contributed by atoms with Crippen molar-refractivity contribution in [2.75, 3.05) is 14.1 Å². The molecule has 2 aromatic heterocycles. The summed E-state index contributed by atoms with van der Waals surface area (Å²) in [5, 5.41) is 11.4. The van der Waals surface area contributed by atoms with Crippen LogP contribution in [-0.4, -0.2) is 40.1 Å². The van der Waals surface area contributed by atoms with Crippen LogP contribution in [0.25, 0.3) is 11.0 Å². The average molecular weight is 356 g/mol. The van der Waals surface area contributed by atoms with Crippen molar-refractivity contribution in [2.24, 2.45) is 0 Å². The predicted octanol–water partition coefficient (Wildman–Crippen LogP) is 1.56. The molecule has 0 bridgehead atoms. The maximum atomic E-state index is 13.0. The van der Waals surface area contributed by atoms with Gasteiger partial charge in [-0.05, 0) is 35.7 Å². The summed E-state index contributed by atoms with van der Waals surface area (Å²) in [5.41, 5.74) is 3.58. The zero-order chi connectivity index (χ0) is 18.8. The van der Waals surface area contributed by atoms with Crippen LogP contribution in [0.5, 0.6) is 5.75 Å². The van der Waals surface area contributed by atoms with E-state index in [1.807, 2.05) is 0 Å². The lowest BCUT2D eigenvalue weighted by atomic mass is 10.1. The zero-order valence-corrected chi connectivity index (χ0v) is 14.2. The molecule has 0 unspecified atom stereocenters. The molecule has 134 valence electrons. The topological polar surface area (TPSA) is 98.3 Å². The van der Waals surface area contributed by atoms with Crippen LogP contribution in [-0.2, 0) is 6.42 Å². The van der Waals surface area contributed by atoms with E-state index in [0.717, 1.165) is 16.1 Å². The molecule has 0 aliphatic heterocycles. The number of nitrogens with one attached hydrogen (secondary N) is 2. The van der Waals surface area contributed by atoms with E-state index in [4.69, 9.17) is 0 Å². The summed E-state index contributed by atoms with van der Waals surface area (Å²) in [4.78, 5) is 31.2. The third kappa shape index (κ3) is 3.27. The lowest BCUT2D eigenvalue weighted by molar-refractivity contribution is 0.0730. The van der Waals surface area contributed by atoms with Crippen molar-refractivity contribution in [3.05, 3.63) is 69.4 Å². The molecule has 1 amide bonds. The van der Waals surface area contributed by atoms with Crippen LogP contribution in [0.15, 0.2) is 41.3 Å². The highest BCUT2D eigenvalue weighted by Crippen LogP contribution is 2.24. The number of pyridine rings is 2. The lowest BCUT2D eigenvalue weighted by Crippen LogP contribution is -2.39. The Morgan fingerprint density at radius 1 is 1.31 bits per heavy atom. The molecular weight excluding hydrogens is 339 g/mol. The van der Waals surface area contributed by atoms with E-state index in [0.29, 0.717) is 11.9 Å². The molecular formula is C18H17FN4O3. The molecule has 0 aliphatic rings. The highest BCUT2D eigenvalue weighted by atomic mass is 19.1. The summed E-state index contributed by atoms with van der Waals surface area (Å²) >= 11 is 0. The monoisotopic (exact) mass is 356 g/mol. The van der Waals surface area contributed by atoms with Gasteiger partial charge in [0.15, 0.2) is 5.75 Å². The van der Waals surface area contributed by atoms with Gasteiger partial charge in [0.05, 0.1) is 5.52 Å². The van der Waals surface area contributed by atoms with Crippen LogP contribution in [0, 0.1) is 5.82 Å². The van der Waals surface area contributed by atoms with E-state index < -0.39 is 17.2 Å². The number of nitrogens with zero attached hydrogens (tertiary/aromatic N) is 2. The molecule has 3 N–H and O–H groups in total. The fourth-order valence-electron chi connectivity index (χ4n) is 2.61. The van der Waals surface area contributed by atoms with Crippen molar-refractivity contribution in [1.82, 2.24) is 20.4 Å². The highest BCUT2D eigenvalue weighted by molar-refractivity contribution is 6.00. The van der Waals surface area contributed by atoms with Crippen LogP contribution >= 0.6 is 0 Å². The number of amides is 1. The van der Waals surface area contributed by atoms with Gasteiger partial charge < -0.3 is 10.1 Å². The van der Waals surface area contributed by atoms with E-state index in [9.17, 15) is 19.1 Å². The summed E-state index contributed by atoms with van der Waals surface area (Å²) in [5.74, 6) is -1.46. The molecule has 0 saturated carbocycles. The maximum Gasteiger partial charge on any atom is 0.277 e. The number of aromatic hydroxyl groups is 1. The Balaban J connectivity index is 2.02. The molecule has 2 heterocycles. The van der Waals surface area contributed by atoms with Gasteiger partial charge in [0.25, 0.3) is 11.5 Å². The molecule has 0 aliphatic carbocycles. The lowest BCUT2D eigenvalue weighted by Gasteiger charge is -2.15. The standard InChI is InChI=1S/C18H17FN4O3/c1-20-23(2)18(26)14-16(24)15-13(22-17(14)25)8-11(9-21-15)7-10-3-5-12(19)6-4-10/h3-6,8-9,20H,7H2,1-2H3,(H2,22,24,25). The third-order valence-electron chi connectivity index (χ3n) is 4.06. The minimum absolute atomic E-state index is 0.125. The fourth-order valence-corrected chi connectivity index (χ4v) is 2.61. The van der Waals surface area contributed by atoms with Crippen molar-refractivity contribution in [1.29, 1.82) is 0 Å². The first-order valence-corrected chi connectivity index (χ1v) is 7.84. The minimum atomic E-state index is -0.706. The molecule has 3 rings (SSSR count). The number of rotatable bonds is 4. The van der Waals surface area contributed by atoms with Gasteiger partial charge in [0.2, 0.25) is 0 Å². The van der Waals surface area contributed by atoms with Crippen molar-refractivity contribution in [3.63, 3.8) is 0 Å². The maximum absolute atomic E-state index is 13.0. The van der Waals surface area contributed by atoms with Gasteiger partial charge in [-0.15, -0.1) is 0 Å². The Bertz CT molecular complexity index is 1030. The Hall–Kier alpha value is -3.26. The van der Waals surface area contributed by atoms with Gasteiger partial charge in [-0.2, -0.15) is 0 Å². The van der Waals surface area contributed by atoms with Gasteiger partial charge in [0, 0.05) is 20.3 Å². The van der Waals surface area contributed by atoms with Gasteiger partial charge in [-0.25, -0.2) is 9.82 Å². The Morgan fingerprint density at radius 2 is 2.00 bits per heavy atom. The van der Waals surface area contributed by atoms with Crippen LogP contribution in [0.2, 0.25) is 0 Å². The van der Waals surface area contributed by atoms with Crippen LogP contribution in [0.1, 0.15) is 21.5 Å². The largest absolute Gasteiger partial charge is 0.505 e. The first-order chi connectivity index (χ1) is 12.4. The fraction of sp³-hybridized carbons (Fsp3) is 0.167. The van der Waals surface area contributed by atoms with E-state index >= 15 is 0 Å². The highest BCUT2D eigenvalue weighted by Gasteiger charge is 2.22. The van der Waals surface area contributed by atoms with Gasteiger partial charge >= 0.3 is 0 Å². The quantitative estimate of drug-likeness (QED) is 0.617. The minimum Gasteiger partial charge on any atom is -0.505 e. The van der Waals surface area contributed by atoms with Crippen molar-refractivity contribution in [2.45, 2.75) is 6.42 Å². The third-order valence-corrected chi connectivity index (χ3v) is 4.06. The van der Waals surface area contributed by atoms with Crippen LogP contribution < -0.4 is 11.0 Å². The predicted molar refractivity (Wildman–Crippen MR) is 94.4 cm³/mol. The second-order valence-electron chi connectivity index (χ2n) is 5.81. The second-order valence-corrected chi connectivity index (χ2v) is 5.81. The normalized spacial score (nSPS) is 10.9. The number of hydrazine groups is 1. The molecule has 1 aromatic carbocycles. The van der Waals surface area contributed by atoms with Crippen LogP contribution in [0.4, 0.5) is 4.39 Å². The summed E-state index contributed by atoms with van der Waals surface area (Å²) in [6.45, 7) is 0. The first-order valence-electron chi connectivity index (χ1n) is 7.84. The molecule has 0 fully saturated rings.